The zero-order valence-electron chi connectivity index (χ0n) is 15.8. The van der Waals surface area contributed by atoms with Crippen LogP contribution in [0.25, 0.3) is 0 Å². The molecule has 1 aromatic rings. The van der Waals surface area contributed by atoms with E-state index in [1.807, 2.05) is 33.8 Å². The Balaban J connectivity index is 1.28. The second-order valence-corrected chi connectivity index (χ2v) is 8.42. The van der Waals surface area contributed by atoms with Crippen molar-refractivity contribution in [3.05, 3.63) is 18.0 Å². The highest BCUT2D eigenvalue weighted by Crippen LogP contribution is 2.41. The summed E-state index contributed by atoms with van der Waals surface area (Å²) in [6.07, 6.45) is 5.21. The van der Waals surface area contributed by atoms with E-state index >= 15 is 0 Å². The quantitative estimate of drug-likeness (QED) is 0.785. The molecule has 2 amide bonds. The fourth-order valence-corrected chi connectivity index (χ4v) is 4.87. The van der Waals surface area contributed by atoms with Gasteiger partial charge in [0.05, 0.1) is 11.7 Å². The smallest absolute Gasteiger partial charge is 0.410 e. The molecule has 3 aliphatic heterocycles. The minimum absolute atomic E-state index is 0.0742. The Kier molecular flexibility index (Phi) is 3.93. The van der Waals surface area contributed by atoms with Gasteiger partial charge in [-0.2, -0.15) is 5.10 Å². The number of hydrogen-bond acceptors (Lipinski definition) is 5. The maximum atomic E-state index is 12.5. The van der Waals surface area contributed by atoms with E-state index in [0.29, 0.717) is 25.5 Å². The van der Waals surface area contributed by atoms with E-state index in [2.05, 4.69) is 10.00 Å². The average molecular weight is 373 g/mol. The van der Waals surface area contributed by atoms with Gasteiger partial charge in [-0.05, 0) is 18.9 Å². The van der Waals surface area contributed by atoms with Crippen molar-refractivity contribution in [2.45, 2.75) is 43.9 Å². The molecule has 1 atom stereocenters. The van der Waals surface area contributed by atoms with Crippen LogP contribution in [0.3, 0.4) is 0 Å². The van der Waals surface area contributed by atoms with Gasteiger partial charge in [0.25, 0.3) is 0 Å². The third kappa shape index (κ3) is 2.90. The number of fused-ring (bicyclic) bond motifs is 2. The molecular formula is C19H27N5O3. The van der Waals surface area contributed by atoms with Crippen molar-refractivity contribution >= 4 is 12.0 Å². The van der Waals surface area contributed by atoms with Gasteiger partial charge in [0.1, 0.15) is 5.60 Å². The first-order chi connectivity index (χ1) is 13.1. The normalized spacial score (nSPS) is 27.7. The van der Waals surface area contributed by atoms with Crippen LogP contribution < -0.4 is 0 Å². The number of aryl methyl sites for hydroxylation is 1. The van der Waals surface area contributed by atoms with Gasteiger partial charge in [-0.25, -0.2) is 4.79 Å². The zero-order chi connectivity index (χ0) is 18.6. The summed E-state index contributed by atoms with van der Waals surface area (Å²) in [7, 11) is 1.96. The van der Waals surface area contributed by atoms with Crippen molar-refractivity contribution in [2.75, 3.05) is 32.7 Å². The van der Waals surface area contributed by atoms with Crippen LogP contribution in [0, 0.1) is 5.92 Å². The molecule has 0 N–H and O–H groups in total. The summed E-state index contributed by atoms with van der Waals surface area (Å²) >= 11 is 0. The van der Waals surface area contributed by atoms with Gasteiger partial charge in [-0.1, -0.05) is 0 Å². The van der Waals surface area contributed by atoms with Crippen LogP contribution >= 0.6 is 0 Å². The van der Waals surface area contributed by atoms with Crippen molar-refractivity contribution in [1.82, 2.24) is 24.5 Å². The Hall–Kier alpha value is -2.09. The summed E-state index contributed by atoms with van der Waals surface area (Å²) in [5.41, 5.74) is 0.732. The lowest BCUT2D eigenvalue weighted by Crippen LogP contribution is -2.60. The first-order valence-corrected chi connectivity index (χ1v) is 10.0. The maximum absolute atomic E-state index is 12.5. The Morgan fingerprint density at radius 1 is 1.26 bits per heavy atom. The molecule has 0 radical (unpaired) electrons. The Morgan fingerprint density at radius 2 is 2.04 bits per heavy atom. The number of likely N-dealkylation sites (tertiary alicyclic amines) is 1. The SMILES string of the molecule is Cn1nccc1CN1CCN2C(=O)OC3(CCN(C(=O)C4CC4)CC3)C2C1. The predicted molar refractivity (Wildman–Crippen MR) is 96.7 cm³/mol. The highest BCUT2D eigenvalue weighted by molar-refractivity contribution is 5.81. The van der Waals surface area contributed by atoms with Gasteiger partial charge in [-0.15, -0.1) is 0 Å². The van der Waals surface area contributed by atoms with E-state index in [1.165, 1.54) is 5.69 Å². The minimum atomic E-state index is -0.442. The molecule has 1 aliphatic carbocycles. The Bertz CT molecular complexity index is 750. The summed E-state index contributed by atoms with van der Waals surface area (Å²) in [5, 5.41) is 4.25. The standard InChI is InChI=1S/C19H27N5O3/c1-21-15(4-7-20-21)12-22-10-11-24-16(13-22)19(27-18(24)26)5-8-23(9-6-19)17(25)14-2-3-14/h4,7,14,16H,2-3,5-6,8-13H2,1H3. The number of carbonyl (C=O) groups is 2. The number of piperazine rings is 1. The molecule has 146 valence electrons. The van der Waals surface area contributed by atoms with E-state index in [0.717, 1.165) is 45.3 Å². The van der Waals surface area contributed by atoms with E-state index in [9.17, 15) is 9.59 Å². The molecule has 8 nitrogen and oxygen atoms in total. The zero-order valence-corrected chi connectivity index (χ0v) is 15.8. The van der Waals surface area contributed by atoms with Crippen LogP contribution in [0.15, 0.2) is 12.3 Å². The number of aromatic nitrogens is 2. The third-order valence-corrected chi connectivity index (χ3v) is 6.75. The van der Waals surface area contributed by atoms with Crippen LogP contribution in [-0.2, 0) is 23.1 Å². The molecule has 1 saturated carbocycles. The van der Waals surface area contributed by atoms with Crippen LogP contribution in [-0.4, -0.2) is 80.8 Å². The molecule has 4 heterocycles. The number of rotatable bonds is 3. The van der Waals surface area contributed by atoms with E-state index in [4.69, 9.17) is 4.74 Å². The number of nitrogens with zero attached hydrogens (tertiary/aromatic N) is 5. The fraction of sp³-hybridized carbons (Fsp3) is 0.737. The van der Waals surface area contributed by atoms with Gasteiger partial charge in [-0.3, -0.25) is 19.3 Å². The number of piperidine rings is 1. The number of ether oxygens (including phenoxy) is 1. The second kappa shape index (κ2) is 6.22. The molecule has 4 aliphatic rings. The fourth-order valence-electron chi connectivity index (χ4n) is 4.87. The Morgan fingerprint density at radius 3 is 2.70 bits per heavy atom. The lowest BCUT2D eigenvalue weighted by molar-refractivity contribution is -0.137. The molecule has 5 rings (SSSR count). The Labute approximate surface area is 159 Å². The molecule has 0 aromatic carbocycles. The molecule has 0 bridgehead atoms. The molecule has 1 aromatic heterocycles. The molecule has 3 saturated heterocycles. The first-order valence-electron chi connectivity index (χ1n) is 10.0. The summed E-state index contributed by atoms with van der Waals surface area (Å²) < 4.78 is 7.86. The average Bonchev–Trinajstić information content (AvgIpc) is 3.40. The molecule has 1 spiro atoms. The largest absolute Gasteiger partial charge is 0.440 e. The lowest BCUT2D eigenvalue weighted by atomic mass is 9.83. The van der Waals surface area contributed by atoms with E-state index < -0.39 is 5.60 Å². The van der Waals surface area contributed by atoms with Crippen molar-refractivity contribution in [3.63, 3.8) is 0 Å². The monoisotopic (exact) mass is 373 g/mol. The van der Waals surface area contributed by atoms with Crippen LogP contribution in [0.5, 0.6) is 0 Å². The van der Waals surface area contributed by atoms with Gasteiger partial charge in [0.15, 0.2) is 0 Å². The third-order valence-electron chi connectivity index (χ3n) is 6.75. The van der Waals surface area contributed by atoms with Gasteiger partial charge >= 0.3 is 6.09 Å². The van der Waals surface area contributed by atoms with Crippen molar-refractivity contribution < 1.29 is 14.3 Å². The number of hydrogen-bond donors (Lipinski definition) is 0. The molecule has 8 heteroatoms. The molecular weight excluding hydrogens is 346 g/mol. The molecule has 1 unspecified atom stereocenters. The van der Waals surface area contributed by atoms with Crippen molar-refractivity contribution in [3.8, 4) is 0 Å². The highest BCUT2D eigenvalue weighted by atomic mass is 16.6. The van der Waals surface area contributed by atoms with Crippen LogP contribution in [0.2, 0.25) is 0 Å². The molecule has 27 heavy (non-hydrogen) atoms. The highest BCUT2D eigenvalue weighted by Gasteiger charge is 2.57. The molecule has 4 fully saturated rings. The van der Waals surface area contributed by atoms with Crippen molar-refractivity contribution in [2.24, 2.45) is 13.0 Å². The maximum Gasteiger partial charge on any atom is 0.410 e. The van der Waals surface area contributed by atoms with E-state index in [1.54, 1.807) is 0 Å². The van der Waals surface area contributed by atoms with Gasteiger partial charge < -0.3 is 9.64 Å². The summed E-state index contributed by atoms with van der Waals surface area (Å²) in [4.78, 5) is 31.1. The van der Waals surface area contributed by atoms with Crippen LogP contribution in [0.1, 0.15) is 31.4 Å². The first kappa shape index (κ1) is 17.0. The van der Waals surface area contributed by atoms with Gasteiger partial charge in [0.2, 0.25) is 5.91 Å². The number of carbonyl (C=O) groups excluding carboxylic acids is 2. The topological polar surface area (TPSA) is 70.9 Å². The van der Waals surface area contributed by atoms with Gasteiger partial charge in [0, 0.05) is 71.3 Å². The second-order valence-electron chi connectivity index (χ2n) is 8.42. The van der Waals surface area contributed by atoms with E-state index in [-0.39, 0.29) is 18.1 Å². The summed E-state index contributed by atoms with van der Waals surface area (Å²) in [5.74, 6) is 0.554. The summed E-state index contributed by atoms with van der Waals surface area (Å²) in [6, 6.07) is 2.12. The van der Waals surface area contributed by atoms with Crippen molar-refractivity contribution in [1.29, 1.82) is 0 Å². The summed E-state index contributed by atoms with van der Waals surface area (Å²) in [6.45, 7) is 4.60. The lowest BCUT2D eigenvalue weighted by Gasteiger charge is -2.45. The van der Waals surface area contributed by atoms with Crippen LogP contribution in [0.4, 0.5) is 4.79 Å². The minimum Gasteiger partial charge on any atom is -0.440 e. The number of amides is 2. The predicted octanol–water partition coefficient (Wildman–Crippen LogP) is 0.828.